The van der Waals surface area contributed by atoms with E-state index in [9.17, 15) is 5.11 Å². The van der Waals surface area contributed by atoms with Gasteiger partial charge in [-0.15, -0.1) is 0 Å². The lowest BCUT2D eigenvalue weighted by Gasteiger charge is -2.23. The van der Waals surface area contributed by atoms with E-state index in [1.54, 1.807) is 6.92 Å². The normalized spacial score (nSPS) is 18.8. The third-order valence-electron chi connectivity index (χ3n) is 1.52. The molecule has 0 aliphatic carbocycles. The predicted molar refractivity (Wildman–Crippen MR) is 41.6 cm³/mol. The first-order valence-corrected chi connectivity index (χ1v) is 3.86. The van der Waals surface area contributed by atoms with Crippen LogP contribution >= 0.6 is 0 Å². The monoisotopic (exact) mass is 180 g/mol. The third-order valence-corrected chi connectivity index (χ3v) is 1.52. The zero-order valence-electron chi connectivity index (χ0n) is 7.05. The number of ether oxygens (including phenoxy) is 1. The second kappa shape index (κ2) is 6.33. The Morgan fingerprint density at radius 1 is 1.17 bits per heavy atom. The number of aliphatic hydroxyl groups is 4. The number of hydrogen-bond donors (Lipinski definition) is 4. The van der Waals surface area contributed by atoms with Crippen molar-refractivity contribution in [3.05, 3.63) is 0 Å². The summed E-state index contributed by atoms with van der Waals surface area (Å²) in [5.74, 6) is 0. The van der Waals surface area contributed by atoms with Crippen LogP contribution in [0, 0.1) is 0 Å². The van der Waals surface area contributed by atoms with Gasteiger partial charge in [-0.3, -0.25) is 0 Å². The summed E-state index contributed by atoms with van der Waals surface area (Å²) >= 11 is 0. The molecule has 0 amide bonds. The Morgan fingerprint density at radius 2 is 1.75 bits per heavy atom. The standard InChI is InChI=1S/C7H16O5/c1-2-12-6(4-9)7(11)5(10)3-8/h5-11H,2-4H2,1H3/t5-,6?,7+/m0/s1. The van der Waals surface area contributed by atoms with Gasteiger partial charge in [0.05, 0.1) is 13.2 Å². The highest BCUT2D eigenvalue weighted by Gasteiger charge is 2.25. The highest BCUT2D eigenvalue weighted by molar-refractivity contribution is 4.75. The molecule has 0 heterocycles. The van der Waals surface area contributed by atoms with E-state index >= 15 is 0 Å². The zero-order valence-corrected chi connectivity index (χ0v) is 7.05. The van der Waals surface area contributed by atoms with Gasteiger partial charge in [-0.1, -0.05) is 0 Å². The lowest BCUT2D eigenvalue weighted by Crippen LogP contribution is -2.43. The van der Waals surface area contributed by atoms with Gasteiger partial charge in [0, 0.05) is 6.61 Å². The van der Waals surface area contributed by atoms with Crippen molar-refractivity contribution in [3.63, 3.8) is 0 Å². The van der Waals surface area contributed by atoms with Gasteiger partial charge in [0.1, 0.15) is 18.3 Å². The van der Waals surface area contributed by atoms with Gasteiger partial charge in [-0.2, -0.15) is 0 Å². The van der Waals surface area contributed by atoms with Crippen LogP contribution in [0.5, 0.6) is 0 Å². The molecule has 0 aliphatic heterocycles. The van der Waals surface area contributed by atoms with Gasteiger partial charge < -0.3 is 25.2 Å². The highest BCUT2D eigenvalue weighted by atomic mass is 16.5. The molecule has 12 heavy (non-hydrogen) atoms. The topological polar surface area (TPSA) is 90.2 Å². The number of hydrogen-bond acceptors (Lipinski definition) is 5. The molecular formula is C7H16O5. The molecule has 1 unspecified atom stereocenters. The lowest BCUT2D eigenvalue weighted by atomic mass is 10.1. The quantitative estimate of drug-likeness (QED) is 0.383. The van der Waals surface area contributed by atoms with Gasteiger partial charge in [0.15, 0.2) is 0 Å². The molecule has 0 saturated heterocycles. The fraction of sp³-hybridized carbons (Fsp3) is 1.00. The molecule has 0 bridgehead atoms. The predicted octanol–water partition coefficient (Wildman–Crippen LogP) is -1.90. The van der Waals surface area contributed by atoms with Gasteiger partial charge in [-0.05, 0) is 6.92 Å². The van der Waals surface area contributed by atoms with Crippen LogP contribution in [-0.4, -0.2) is 58.6 Å². The van der Waals surface area contributed by atoms with Crippen molar-refractivity contribution in [1.82, 2.24) is 0 Å². The average Bonchev–Trinajstić information content (AvgIpc) is 2.11. The summed E-state index contributed by atoms with van der Waals surface area (Å²) in [6.45, 7) is 1.11. The summed E-state index contributed by atoms with van der Waals surface area (Å²) in [6, 6.07) is 0. The van der Waals surface area contributed by atoms with Crippen LogP contribution in [0.1, 0.15) is 6.92 Å². The Kier molecular flexibility index (Phi) is 6.23. The molecule has 0 fully saturated rings. The van der Waals surface area contributed by atoms with E-state index in [1.807, 2.05) is 0 Å². The summed E-state index contributed by atoms with van der Waals surface area (Å²) in [4.78, 5) is 0. The third kappa shape index (κ3) is 3.46. The lowest BCUT2D eigenvalue weighted by molar-refractivity contribution is -0.114. The number of rotatable bonds is 6. The van der Waals surface area contributed by atoms with Crippen molar-refractivity contribution >= 4 is 0 Å². The molecule has 0 spiro atoms. The molecule has 3 atom stereocenters. The van der Waals surface area contributed by atoms with E-state index in [2.05, 4.69) is 0 Å². The van der Waals surface area contributed by atoms with E-state index in [0.29, 0.717) is 6.61 Å². The Labute approximate surface area is 71.2 Å². The minimum Gasteiger partial charge on any atom is -0.394 e. The molecule has 0 aromatic carbocycles. The minimum atomic E-state index is -1.27. The fourth-order valence-corrected chi connectivity index (χ4v) is 0.829. The van der Waals surface area contributed by atoms with E-state index in [-0.39, 0.29) is 6.61 Å². The molecule has 0 saturated carbocycles. The van der Waals surface area contributed by atoms with Crippen LogP contribution in [0.15, 0.2) is 0 Å². The minimum absolute atomic E-state index is 0.334. The van der Waals surface area contributed by atoms with Crippen molar-refractivity contribution in [2.75, 3.05) is 19.8 Å². The van der Waals surface area contributed by atoms with Gasteiger partial charge in [0.25, 0.3) is 0 Å². The van der Waals surface area contributed by atoms with Crippen molar-refractivity contribution in [3.8, 4) is 0 Å². The Hall–Kier alpha value is -0.200. The van der Waals surface area contributed by atoms with E-state index in [4.69, 9.17) is 20.1 Å². The molecular weight excluding hydrogens is 164 g/mol. The summed E-state index contributed by atoms with van der Waals surface area (Å²) in [7, 11) is 0. The van der Waals surface area contributed by atoms with Crippen molar-refractivity contribution in [2.45, 2.75) is 25.2 Å². The molecule has 5 heteroatoms. The smallest absolute Gasteiger partial charge is 0.110 e. The summed E-state index contributed by atoms with van der Waals surface area (Å²) in [5.41, 5.74) is 0. The summed E-state index contributed by atoms with van der Waals surface area (Å²) < 4.78 is 4.90. The first-order chi connectivity index (χ1) is 5.67. The van der Waals surface area contributed by atoms with Gasteiger partial charge >= 0.3 is 0 Å². The van der Waals surface area contributed by atoms with Crippen LogP contribution in [0.3, 0.4) is 0 Å². The molecule has 74 valence electrons. The molecule has 5 nitrogen and oxygen atoms in total. The fourth-order valence-electron chi connectivity index (χ4n) is 0.829. The zero-order chi connectivity index (χ0) is 9.56. The Morgan fingerprint density at radius 3 is 2.08 bits per heavy atom. The second-order valence-corrected chi connectivity index (χ2v) is 2.42. The van der Waals surface area contributed by atoms with Crippen LogP contribution in [0.2, 0.25) is 0 Å². The van der Waals surface area contributed by atoms with E-state index in [0.717, 1.165) is 0 Å². The maximum atomic E-state index is 9.21. The largest absolute Gasteiger partial charge is 0.394 e. The summed E-state index contributed by atoms with van der Waals surface area (Å²) in [6.07, 6.45) is -3.36. The molecule has 0 radical (unpaired) electrons. The maximum absolute atomic E-state index is 9.21. The molecule has 0 rings (SSSR count). The Bertz CT molecular complexity index is 108. The second-order valence-electron chi connectivity index (χ2n) is 2.42. The Balaban J connectivity index is 3.91. The first kappa shape index (κ1) is 11.8. The molecule has 0 aromatic rings. The molecule has 4 N–H and O–H groups in total. The van der Waals surface area contributed by atoms with Crippen molar-refractivity contribution in [1.29, 1.82) is 0 Å². The van der Waals surface area contributed by atoms with Crippen molar-refractivity contribution < 1.29 is 25.2 Å². The highest BCUT2D eigenvalue weighted by Crippen LogP contribution is 2.03. The van der Waals surface area contributed by atoms with Crippen molar-refractivity contribution in [2.24, 2.45) is 0 Å². The SMILES string of the molecule is CCOC(CO)[C@H](O)[C@@H](O)CO. The molecule has 0 aromatic heterocycles. The number of aliphatic hydroxyl groups excluding tert-OH is 4. The van der Waals surface area contributed by atoms with Gasteiger partial charge in [-0.25, -0.2) is 0 Å². The first-order valence-electron chi connectivity index (χ1n) is 3.86. The summed E-state index contributed by atoms with van der Waals surface area (Å²) in [5, 5.41) is 35.3. The van der Waals surface area contributed by atoms with Crippen LogP contribution in [0.25, 0.3) is 0 Å². The van der Waals surface area contributed by atoms with E-state index in [1.165, 1.54) is 0 Å². The van der Waals surface area contributed by atoms with Crippen LogP contribution in [0.4, 0.5) is 0 Å². The maximum Gasteiger partial charge on any atom is 0.110 e. The average molecular weight is 180 g/mol. The van der Waals surface area contributed by atoms with Gasteiger partial charge in [0.2, 0.25) is 0 Å². The molecule has 0 aliphatic rings. The van der Waals surface area contributed by atoms with E-state index < -0.39 is 24.9 Å². The van der Waals surface area contributed by atoms with Crippen LogP contribution in [-0.2, 0) is 4.74 Å². The van der Waals surface area contributed by atoms with Crippen LogP contribution < -0.4 is 0 Å².